The molecule has 0 saturated heterocycles. The molecule has 0 aromatic heterocycles. The molecule has 0 aliphatic carbocycles. The van der Waals surface area contributed by atoms with Crippen LogP contribution in [0.25, 0.3) is 0 Å². The average Bonchev–Trinajstić information content (AvgIpc) is 2.33. The third-order valence-electron chi connectivity index (χ3n) is 4.25. The number of rotatable bonds is 9. The van der Waals surface area contributed by atoms with Gasteiger partial charge in [0.1, 0.15) is 0 Å². The molecule has 0 aromatic carbocycles. The van der Waals surface area contributed by atoms with Crippen LogP contribution in [0, 0.1) is 0 Å². The van der Waals surface area contributed by atoms with Gasteiger partial charge in [-0.15, -0.1) is 0 Å². The van der Waals surface area contributed by atoms with Gasteiger partial charge in [0.2, 0.25) is 0 Å². The fraction of sp³-hybridized carbons (Fsp3) is 1.00. The molecular weight excluding hydrogens is 228 g/mol. The zero-order chi connectivity index (χ0) is 12.7. The summed E-state index contributed by atoms with van der Waals surface area (Å²) in [5.41, 5.74) is 0. The fourth-order valence-electron chi connectivity index (χ4n) is 1.76. The molecule has 0 fully saturated rings. The van der Waals surface area contributed by atoms with Crippen molar-refractivity contribution in [1.82, 2.24) is 0 Å². The number of hydrogen-bond acceptors (Lipinski definition) is 1. The Morgan fingerprint density at radius 1 is 1.06 bits per heavy atom. The molecule has 0 aliphatic heterocycles. The van der Waals surface area contributed by atoms with E-state index in [9.17, 15) is 0 Å². The van der Waals surface area contributed by atoms with E-state index in [1.807, 2.05) is 0 Å². The largest absolute Gasteiger partial charge is 0.422 e. The summed E-state index contributed by atoms with van der Waals surface area (Å²) < 4.78 is 6.38. The van der Waals surface area contributed by atoms with Crippen molar-refractivity contribution in [3.8, 4) is 0 Å². The Kier molecular flexibility index (Phi) is 7.86. The summed E-state index contributed by atoms with van der Waals surface area (Å²) >= 11 is 0. The van der Waals surface area contributed by atoms with Gasteiger partial charge in [0.15, 0.2) is 9.76 Å². The molecule has 1 nitrogen and oxygen atoms in total. The van der Waals surface area contributed by atoms with Crippen LogP contribution in [0.5, 0.6) is 0 Å². The summed E-state index contributed by atoms with van der Waals surface area (Å²) in [5, 5.41) is 0.824. The molecule has 0 amide bonds. The van der Waals surface area contributed by atoms with Gasteiger partial charge in [-0.2, -0.15) is 0 Å². The Hall–Kier alpha value is 0.394. The van der Waals surface area contributed by atoms with Crippen molar-refractivity contribution < 1.29 is 4.43 Å². The van der Waals surface area contributed by atoms with Crippen LogP contribution in [0.3, 0.4) is 0 Å². The maximum atomic E-state index is 6.38. The summed E-state index contributed by atoms with van der Waals surface area (Å²) in [4.78, 5) is 0. The zero-order valence-electron chi connectivity index (χ0n) is 12.4. The van der Waals surface area contributed by atoms with Gasteiger partial charge in [0, 0.05) is 15.5 Å². The second kappa shape index (κ2) is 7.67. The fourth-order valence-corrected chi connectivity index (χ4v) is 3.89. The summed E-state index contributed by atoms with van der Waals surface area (Å²) in [6, 6.07) is 0. The minimum absolute atomic E-state index is 0.287. The lowest BCUT2D eigenvalue weighted by molar-refractivity contribution is 0.145. The predicted molar refractivity (Wildman–Crippen MR) is 81.1 cm³/mol. The Morgan fingerprint density at radius 3 is 2.00 bits per heavy atom. The van der Waals surface area contributed by atoms with Crippen LogP contribution in [0.2, 0.25) is 5.04 Å². The molecule has 0 aliphatic rings. The van der Waals surface area contributed by atoms with Crippen LogP contribution in [-0.2, 0) is 4.43 Å². The van der Waals surface area contributed by atoms with Gasteiger partial charge in [0.05, 0.1) is 0 Å². The van der Waals surface area contributed by atoms with E-state index in [1.54, 1.807) is 0 Å². The Labute approximate surface area is 108 Å². The van der Waals surface area contributed by atoms with Crippen LogP contribution in [0.4, 0.5) is 0 Å². The predicted octanol–water partition coefficient (Wildman–Crippen LogP) is 2.75. The SMILES string of the molecule is CCCCC(C)(CC)[SiH2]OC([SiH3])(CC)CC. The number of unbranched alkanes of at least 4 members (excludes halogenated alkanes) is 1. The molecule has 0 saturated carbocycles. The normalized spacial score (nSPS) is 17.1. The van der Waals surface area contributed by atoms with Crippen molar-refractivity contribution in [2.75, 3.05) is 0 Å². The highest BCUT2D eigenvalue weighted by Gasteiger charge is 2.28. The van der Waals surface area contributed by atoms with Crippen molar-refractivity contribution in [3.05, 3.63) is 0 Å². The highest BCUT2D eigenvalue weighted by molar-refractivity contribution is 6.33. The molecule has 3 heteroatoms. The van der Waals surface area contributed by atoms with Gasteiger partial charge in [0.25, 0.3) is 0 Å². The highest BCUT2D eigenvalue weighted by atomic mass is 28.2. The van der Waals surface area contributed by atoms with Crippen LogP contribution in [0.15, 0.2) is 0 Å². The van der Waals surface area contributed by atoms with Gasteiger partial charge in [-0.3, -0.25) is 0 Å². The maximum absolute atomic E-state index is 6.38. The molecule has 0 bridgehead atoms. The third-order valence-corrected chi connectivity index (χ3v) is 8.92. The number of hydrogen-bond donors (Lipinski definition) is 0. The lowest BCUT2D eigenvalue weighted by Crippen LogP contribution is -2.36. The van der Waals surface area contributed by atoms with Crippen molar-refractivity contribution in [2.45, 2.75) is 83.4 Å². The molecule has 1 unspecified atom stereocenters. The average molecular weight is 261 g/mol. The summed E-state index contributed by atoms with van der Waals surface area (Å²) in [7, 11) is 0.800. The second-order valence-corrected chi connectivity index (χ2v) is 9.82. The molecule has 0 aromatic rings. The van der Waals surface area contributed by atoms with E-state index >= 15 is 0 Å². The minimum Gasteiger partial charge on any atom is -0.422 e. The van der Waals surface area contributed by atoms with E-state index in [0.29, 0.717) is 5.04 Å². The van der Waals surface area contributed by atoms with Crippen molar-refractivity contribution in [1.29, 1.82) is 0 Å². The molecular formula is C13H32OSi2. The van der Waals surface area contributed by atoms with Crippen molar-refractivity contribution in [2.24, 2.45) is 0 Å². The van der Waals surface area contributed by atoms with Crippen molar-refractivity contribution >= 4 is 20.0 Å². The molecule has 0 N–H and O–H groups in total. The van der Waals surface area contributed by atoms with Crippen LogP contribution in [0.1, 0.15) is 73.1 Å². The molecule has 0 radical (unpaired) electrons. The maximum Gasteiger partial charge on any atom is 0.167 e. The van der Waals surface area contributed by atoms with E-state index in [2.05, 4.69) is 34.6 Å². The Bertz CT molecular complexity index is 181. The smallest absolute Gasteiger partial charge is 0.167 e. The molecule has 0 rings (SSSR count). The molecule has 16 heavy (non-hydrogen) atoms. The first-order valence-electron chi connectivity index (χ1n) is 7.09. The first-order chi connectivity index (χ1) is 7.45. The topological polar surface area (TPSA) is 9.23 Å². The molecule has 1 atom stereocenters. The first kappa shape index (κ1) is 16.4. The lowest BCUT2D eigenvalue weighted by Gasteiger charge is -2.35. The van der Waals surface area contributed by atoms with Gasteiger partial charge < -0.3 is 4.43 Å². The third kappa shape index (κ3) is 5.64. The van der Waals surface area contributed by atoms with E-state index in [0.717, 1.165) is 0 Å². The van der Waals surface area contributed by atoms with Gasteiger partial charge in [-0.05, 0) is 24.3 Å². The summed E-state index contributed by atoms with van der Waals surface area (Å²) in [6.07, 6.45) is 7.76. The molecule has 0 spiro atoms. The van der Waals surface area contributed by atoms with Gasteiger partial charge >= 0.3 is 0 Å². The summed E-state index contributed by atoms with van der Waals surface area (Å²) in [5.74, 6) is 0. The van der Waals surface area contributed by atoms with Crippen molar-refractivity contribution in [3.63, 3.8) is 0 Å². The Balaban J connectivity index is 4.21. The Morgan fingerprint density at radius 2 is 1.62 bits per heavy atom. The van der Waals surface area contributed by atoms with Crippen LogP contribution in [-0.4, -0.2) is 25.2 Å². The first-order valence-corrected chi connectivity index (χ1v) is 9.37. The van der Waals surface area contributed by atoms with Crippen LogP contribution < -0.4 is 0 Å². The van der Waals surface area contributed by atoms with Gasteiger partial charge in [-0.1, -0.05) is 53.9 Å². The highest BCUT2D eigenvalue weighted by Crippen LogP contribution is 2.36. The van der Waals surface area contributed by atoms with Crippen LogP contribution >= 0.6 is 0 Å². The standard InChI is InChI=1S/C13H32OSi2/c1-6-10-11-12(5,7-2)16-14-13(15,8-3)9-4/h6-11,16H2,1-5,15H3. The molecule has 0 heterocycles. The monoisotopic (exact) mass is 260 g/mol. The summed E-state index contributed by atoms with van der Waals surface area (Å²) in [6.45, 7) is 11.6. The van der Waals surface area contributed by atoms with E-state index in [4.69, 9.17) is 4.43 Å². The van der Waals surface area contributed by atoms with E-state index < -0.39 is 0 Å². The second-order valence-electron chi connectivity index (χ2n) is 5.71. The lowest BCUT2D eigenvalue weighted by atomic mass is 10.0. The minimum atomic E-state index is -0.383. The zero-order valence-corrected chi connectivity index (χ0v) is 15.8. The quantitative estimate of drug-likeness (QED) is 0.579. The van der Waals surface area contributed by atoms with E-state index in [1.165, 1.54) is 48.8 Å². The molecule has 98 valence electrons. The van der Waals surface area contributed by atoms with Gasteiger partial charge in [-0.25, -0.2) is 0 Å². The van der Waals surface area contributed by atoms with E-state index in [-0.39, 0.29) is 15.0 Å².